The van der Waals surface area contributed by atoms with E-state index in [1.54, 1.807) is 12.1 Å². The SMILES string of the molecule is CN(C)C(c1cccc(F)c1)C1CCC(=Cc2nc(-c3ccc(C(C)(C)C)cc3)no2)CC1. The molecule has 0 aliphatic heterocycles. The van der Waals surface area contributed by atoms with Gasteiger partial charge in [0.2, 0.25) is 5.82 Å². The first-order valence-corrected chi connectivity index (χ1v) is 11.8. The summed E-state index contributed by atoms with van der Waals surface area (Å²) in [5, 5.41) is 4.19. The Kier molecular flexibility index (Phi) is 6.80. The molecule has 1 heterocycles. The zero-order valence-corrected chi connectivity index (χ0v) is 20.3. The van der Waals surface area contributed by atoms with Crippen LogP contribution in [0, 0.1) is 11.7 Å². The van der Waals surface area contributed by atoms with Crippen molar-refractivity contribution in [3.05, 3.63) is 76.9 Å². The van der Waals surface area contributed by atoms with Gasteiger partial charge in [-0.15, -0.1) is 0 Å². The molecule has 5 heteroatoms. The van der Waals surface area contributed by atoms with Crippen LogP contribution in [0.1, 0.15) is 69.5 Å². The van der Waals surface area contributed by atoms with Gasteiger partial charge in [-0.05, 0) is 74.4 Å². The van der Waals surface area contributed by atoms with Gasteiger partial charge in [-0.3, -0.25) is 0 Å². The lowest BCUT2D eigenvalue weighted by molar-refractivity contribution is 0.183. The first-order valence-electron chi connectivity index (χ1n) is 11.8. The quantitative estimate of drug-likeness (QED) is 0.420. The van der Waals surface area contributed by atoms with Crippen LogP contribution in [0.15, 0.2) is 58.6 Å². The Balaban J connectivity index is 1.42. The van der Waals surface area contributed by atoms with Gasteiger partial charge < -0.3 is 9.42 Å². The van der Waals surface area contributed by atoms with Gasteiger partial charge in [0.1, 0.15) is 5.82 Å². The van der Waals surface area contributed by atoms with Crippen LogP contribution in [0.25, 0.3) is 17.5 Å². The van der Waals surface area contributed by atoms with Crippen molar-refractivity contribution in [2.24, 2.45) is 5.92 Å². The molecule has 0 spiro atoms. The molecule has 3 aromatic rings. The molecule has 0 N–H and O–H groups in total. The number of benzene rings is 2. The molecule has 0 bridgehead atoms. The molecular weight excluding hydrogens is 413 g/mol. The number of rotatable bonds is 5. The van der Waals surface area contributed by atoms with Crippen LogP contribution in [0.2, 0.25) is 0 Å². The lowest BCUT2D eigenvalue weighted by atomic mass is 9.78. The van der Waals surface area contributed by atoms with Crippen molar-refractivity contribution < 1.29 is 8.91 Å². The molecule has 1 atom stereocenters. The Labute approximate surface area is 196 Å². The third kappa shape index (κ3) is 5.59. The summed E-state index contributed by atoms with van der Waals surface area (Å²) in [6.45, 7) is 6.61. The summed E-state index contributed by atoms with van der Waals surface area (Å²) in [6, 6.07) is 15.6. The van der Waals surface area contributed by atoms with E-state index in [0.29, 0.717) is 17.6 Å². The zero-order chi connectivity index (χ0) is 23.6. The van der Waals surface area contributed by atoms with E-state index in [2.05, 4.69) is 74.2 Å². The molecule has 2 aromatic carbocycles. The summed E-state index contributed by atoms with van der Waals surface area (Å²) >= 11 is 0. The van der Waals surface area contributed by atoms with E-state index < -0.39 is 0 Å². The molecule has 4 rings (SSSR count). The maximum Gasteiger partial charge on any atom is 0.250 e. The summed E-state index contributed by atoms with van der Waals surface area (Å²) in [5.41, 5.74) is 4.75. The van der Waals surface area contributed by atoms with Crippen LogP contribution in [0.5, 0.6) is 0 Å². The number of hydrogen-bond donors (Lipinski definition) is 0. The van der Waals surface area contributed by atoms with Crippen LogP contribution in [0.4, 0.5) is 4.39 Å². The Morgan fingerprint density at radius 3 is 2.36 bits per heavy atom. The number of halogens is 1. The number of nitrogens with zero attached hydrogens (tertiary/aromatic N) is 3. The maximum atomic E-state index is 13.8. The average molecular weight is 448 g/mol. The minimum absolute atomic E-state index is 0.116. The van der Waals surface area contributed by atoms with Crippen LogP contribution in [-0.4, -0.2) is 29.1 Å². The van der Waals surface area contributed by atoms with Crippen molar-refractivity contribution in [2.75, 3.05) is 14.1 Å². The molecule has 1 fully saturated rings. The van der Waals surface area contributed by atoms with Crippen LogP contribution >= 0.6 is 0 Å². The predicted molar refractivity (Wildman–Crippen MR) is 131 cm³/mol. The average Bonchev–Trinajstić information content (AvgIpc) is 3.23. The topological polar surface area (TPSA) is 42.2 Å². The highest BCUT2D eigenvalue weighted by molar-refractivity contribution is 5.57. The summed E-state index contributed by atoms with van der Waals surface area (Å²) < 4.78 is 19.3. The molecular formula is C28H34FN3O. The highest BCUT2D eigenvalue weighted by Gasteiger charge is 2.28. The predicted octanol–water partition coefficient (Wildman–Crippen LogP) is 7.05. The van der Waals surface area contributed by atoms with Crippen molar-refractivity contribution in [1.29, 1.82) is 0 Å². The minimum atomic E-state index is -0.170. The molecule has 33 heavy (non-hydrogen) atoms. The van der Waals surface area contributed by atoms with Crippen LogP contribution < -0.4 is 0 Å². The van der Waals surface area contributed by atoms with Gasteiger partial charge in [0.15, 0.2) is 0 Å². The molecule has 1 aliphatic rings. The highest BCUT2D eigenvalue weighted by Crippen LogP contribution is 2.39. The second kappa shape index (κ2) is 9.60. The van der Waals surface area contributed by atoms with E-state index in [-0.39, 0.29) is 17.3 Å². The van der Waals surface area contributed by atoms with Gasteiger partial charge in [-0.25, -0.2) is 4.39 Å². The monoisotopic (exact) mass is 447 g/mol. The minimum Gasteiger partial charge on any atom is -0.334 e. The van der Waals surface area contributed by atoms with E-state index in [4.69, 9.17) is 4.52 Å². The summed E-state index contributed by atoms with van der Waals surface area (Å²) in [4.78, 5) is 6.81. The molecule has 0 radical (unpaired) electrons. The molecule has 1 aliphatic carbocycles. The number of aromatic nitrogens is 2. The van der Waals surface area contributed by atoms with Gasteiger partial charge in [0, 0.05) is 17.7 Å². The van der Waals surface area contributed by atoms with Gasteiger partial charge in [-0.2, -0.15) is 4.98 Å². The Bertz CT molecular complexity index is 1100. The largest absolute Gasteiger partial charge is 0.334 e. The van der Waals surface area contributed by atoms with Crippen molar-refractivity contribution >= 4 is 6.08 Å². The lowest BCUT2D eigenvalue weighted by Crippen LogP contribution is -2.29. The summed E-state index contributed by atoms with van der Waals surface area (Å²) in [7, 11) is 4.16. The first kappa shape index (κ1) is 23.4. The Morgan fingerprint density at radius 1 is 1.06 bits per heavy atom. The standard InChI is InChI=1S/C28H34FN3O/c1-28(2,3)23-15-13-21(14-16-23)27-30-25(33-31-27)17-19-9-11-20(12-10-19)26(32(4)5)22-7-6-8-24(29)18-22/h6-8,13-18,20,26H,9-12H2,1-5H3. The van der Waals surface area contributed by atoms with Crippen molar-refractivity contribution in [3.8, 4) is 11.4 Å². The second-order valence-corrected chi connectivity index (χ2v) is 10.4. The molecule has 0 saturated heterocycles. The second-order valence-electron chi connectivity index (χ2n) is 10.4. The van der Waals surface area contributed by atoms with E-state index in [1.165, 1.54) is 17.2 Å². The van der Waals surface area contributed by atoms with Crippen molar-refractivity contribution in [3.63, 3.8) is 0 Å². The van der Waals surface area contributed by atoms with Crippen LogP contribution in [0.3, 0.4) is 0 Å². The van der Waals surface area contributed by atoms with E-state index in [1.807, 2.05) is 12.1 Å². The fourth-order valence-electron chi connectivity index (χ4n) is 4.86. The van der Waals surface area contributed by atoms with E-state index in [9.17, 15) is 4.39 Å². The molecule has 1 aromatic heterocycles. The maximum absolute atomic E-state index is 13.8. The highest BCUT2D eigenvalue weighted by atomic mass is 19.1. The number of hydrogen-bond acceptors (Lipinski definition) is 4. The van der Waals surface area contributed by atoms with Crippen LogP contribution in [-0.2, 0) is 5.41 Å². The Hall–Kier alpha value is -2.79. The zero-order valence-electron chi connectivity index (χ0n) is 20.3. The summed E-state index contributed by atoms with van der Waals surface area (Å²) in [6.07, 6.45) is 6.13. The third-order valence-corrected chi connectivity index (χ3v) is 6.64. The summed E-state index contributed by atoms with van der Waals surface area (Å²) in [5.74, 6) is 1.50. The van der Waals surface area contributed by atoms with Crippen molar-refractivity contribution in [1.82, 2.24) is 15.0 Å². The van der Waals surface area contributed by atoms with Gasteiger partial charge >= 0.3 is 0 Å². The van der Waals surface area contributed by atoms with Gasteiger partial charge in [0.05, 0.1) is 0 Å². The molecule has 1 unspecified atom stereocenters. The lowest BCUT2D eigenvalue weighted by Gasteiger charge is -2.36. The van der Waals surface area contributed by atoms with E-state index in [0.717, 1.165) is 36.8 Å². The van der Waals surface area contributed by atoms with E-state index >= 15 is 0 Å². The van der Waals surface area contributed by atoms with Gasteiger partial charge in [-0.1, -0.05) is 67.9 Å². The Morgan fingerprint density at radius 2 is 1.76 bits per heavy atom. The first-order chi connectivity index (χ1) is 15.7. The normalized spacial score (nSPS) is 17.9. The van der Waals surface area contributed by atoms with Crippen molar-refractivity contribution in [2.45, 2.75) is 57.9 Å². The molecule has 174 valence electrons. The fraction of sp³-hybridized carbons (Fsp3) is 0.429. The fourth-order valence-corrected chi connectivity index (χ4v) is 4.86. The van der Waals surface area contributed by atoms with Gasteiger partial charge in [0.25, 0.3) is 5.89 Å². The third-order valence-electron chi connectivity index (χ3n) is 6.64. The number of allylic oxidation sites excluding steroid dienone is 1. The smallest absolute Gasteiger partial charge is 0.250 e. The molecule has 0 amide bonds. The molecule has 4 nitrogen and oxygen atoms in total. The molecule has 1 saturated carbocycles.